The van der Waals surface area contributed by atoms with Gasteiger partial charge in [-0.25, -0.2) is 0 Å². The number of halogens is 3. The Kier molecular flexibility index (Phi) is 7.27. The fourth-order valence-corrected chi connectivity index (χ4v) is 5.65. The average Bonchev–Trinajstić information content (AvgIpc) is 3.21. The lowest BCUT2D eigenvalue weighted by Crippen LogP contribution is -2.67. The molecule has 2 aromatic rings. The molecule has 18 heteroatoms. The van der Waals surface area contributed by atoms with Crippen molar-refractivity contribution in [2.75, 3.05) is 0 Å². The highest BCUT2D eigenvalue weighted by Crippen LogP contribution is 2.52. The summed E-state index contributed by atoms with van der Waals surface area (Å²) in [5.41, 5.74) is 1.08. The van der Waals surface area contributed by atoms with E-state index < -0.39 is 45.1 Å². The van der Waals surface area contributed by atoms with Gasteiger partial charge in [0.1, 0.15) is 53.1 Å². The Morgan fingerprint density at radius 1 is 1.00 bits per heavy atom. The lowest BCUT2D eigenvalue weighted by Gasteiger charge is -2.54. The van der Waals surface area contributed by atoms with Crippen molar-refractivity contribution >= 4 is 98.3 Å². The van der Waals surface area contributed by atoms with E-state index in [0.29, 0.717) is 16.7 Å². The number of hydrogen-bond donors (Lipinski definition) is 0. The van der Waals surface area contributed by atoms with Gasteiger partial charge in [-0.2, -0.15) is 8.78 Å². The number of rotatable bonds is 5. The molecule has 1 unspecified atom stereocenters. The minimum atomic E-state index is -3.79. The first-order chi connectivity index (χ1) is 18.3. The minimum Gasteiger partial charge on any atom is -0.393 e. The summed E-state index contributed by atoms with van der Waals surface area (Å²) in [6.45, 7) is 0.106. The monoisotopic (exact) mass is 557 g/mol. The molecule has 0 aliphatic carbocycles. The van der Waals surface area contributed by atoms with E-state index in [9.17, 15) is 19.2 Å². The first-order valence-corrected chi connectivity index (χ1v) is 13.3. The van der Waals surface area contributed by atoms with Gasteiger partial charge >= 0.3 is 5.92 Å². The highest BCUT2D eigenvalue weighted by molar-refractivity contribution is 6.65. The molecule has 7 nitrogen and oxygen atoms in total. The van der Waals surface area contributed by atoms with Gasteiger partial charge in [-0.15, -0.1) is 0 Å². The number of nitrogens with zero attached hydrogens (tertiary/aromatic N) is 3. The molecule has 2 aromatic carbocycles. The average molecular weight is 556 g/mol. The molecule has 0 saturated carbocycles. The molecule has 2 aliphatic heterocycles. The number of hydrogen-bond acceptors (Lipinski definition) is 4. The lowest BCUT2D eigenvalue weighted by molar-refractivity contribution is -0.155. The molecule has 1 atom stereocenters. The van der Waals surface area contributed by atoms with Crippen LogP contribution in [0.25, 0.3) is 0 Å². The second kappa shape index (κ2) is 9.64. The summed E-state index contributed by atoms with van der Waals surface area (Å²) in [5, 5.41) is -2.68. The van der Waals surface area contributed by atoms with E-state index in [1.165, 1.54) is 33.0 Å². The molecule has 0 bridgehead atoms. The van der Waals surface area contributed by atoms with Crippen LogP contribution in [-0.2, 0) is 32.2 Å². The van der Waals surface area contributed by atoms with Crippen LogP contribution in [0.1, 0.15) is 27.0 Å². The summed E-state index contributed by atoms with van der Waals surface area (Å²) in [4.78, 5) is 56.4. The predicted octanol–water partition coefficient (Wildman–Crippen LogP) is -5.11. The maximum absolute atomic E-state index is 15.2. The zero-order valence-electron chi connectivity index (χ0n) is 23.9. The Bertz CT molecular complexity index is 1440. The van der Waals surface area contributed by atoms with Crippen LogP contribution in [0, 0.1) is 0 Å². The smallest absolute Gasteiger partial charge is 0.348 e. The highest BCUT2D eigenvalue weighted by atomic mass is 35.5. The van der Waals surface area contributed by atoms with E-state index in [2.05, 4.69) is 0 Å². The normalized spacial score (nSPS) is 20.4. The van der Waals surface area contributed by atoms with Crippen LogP contribution in [-0.4, -0.2) is 107 Å². The molecular weight excluding hydrogens is 530 g/mol. The maximum atomic E-state index is 15.2. The van der Waals surface area contributed by atoms with Crippen molar-refractivity contribution in [1.29, 1.82) is 0 Å². The summed E-state index contributed by atoms with van der Waals surface area (Å²) < 4.78 is 30.4. The maximum Gasteiger partial charge on any atom is 0.348 e. The van der Waals surface area contributed by atoms with Gasteiger partial charge in [0.15, 0.2) is 0 Å². The molecule has 1 fully saturated rings. The van der Waals surface area contributed by atoms with Gasteiger partial charge in [-0.1, -0.05) is 41.1 Å². The van der Waals surface area contributed by atoms with Crippen molar-refractivity contribution in [3.05, 3.63) is 69.7 Å². The molecule has 40 heavy (non-hydrogen) atoms. The van der Waals surface area contributed by atoms with Crippen molar-refractivity contribution in [2.24, 2.45) is 0 Å². The second-order valence-electron chi connectivity index (χ2n) is 12.3. The molecule has 2 heterocycles. The molecule has 4 amide bonds. The molecule has 0 N–H and O–H groups in total. The predicted molar refractivity (Wildman–Crippen MR) is 170 cm³/mol. The van der Waals surface area contributed by atoms with Crippen LogP contribution in [0.3, 0.4) is 0 Å². The van der Waals surface area contributed by atoms with Crippen LogP contribution < -0.4 is 0 Å². The third-order valence-electron chi connectivity index (χ3n) is 9.27. The summed E-state index contributed by atoms with van der Waals surface area (Å²) in [6, 6.07) is 8.93. The summed E-state index contributed by atoms with van der Waals surface area (Å²) in [5.74, 6) is -6.28. The molecule has 0 radical (unpaired) electrons. The first kappa shape index (κ1) is 30.2. The van der Waals surface area contributed by atoms with Gasteiger partial charge in [0, 0.05) is 22.7 Å². The number of carbonyl (C=O) groups is 4. The van der Waals surface area contributed by atoms with Crippen molar-refractivity contribution < 1.29 is 28.0 Å². The molecule has 0 spiro atoms. The third-order valence-corrected chi connectivity index (χ3v) is 9.52. The fraction of sp³-hybridized carbons (Fsp3) is 0.273. The fourth-order valence-electron chi connectivity index (χ4n) is 5.52. The van der Waals surface area contributed by atoms with Crippen LogP contribution >= 0.6 is 11.6 Å². The van der Waals surface area contributed by atoms with Crippen LogP contribution in [0.2, 0.25) is 15.5 Å². The van der Waals surface area contributed by atoms with Gasteiger partial charge < -0.3 is 14.5 Å². The zero-order valence-corrected chi connectivity index (χ0v) is 24.7. The first-order valence-electron chi connectivity index (χ1n) is 13.0. The summed E-state index contributed by atoms with van der Waals surface area (Å²) in [7, 11) is 13.2. The zero-order chi connectivity index (χ0) is 30.2. The Labute approximate surface area is 244 Å². The highest BCUT2D eigenvalue weighted by Gasteiger charge is 2.59. The van der Waals surface area contributed by atoms with Crippen LogP contribution in [0.5, 0.6) is 0 Å². The van der Waals surface area contributed by atoms with E-state index >= 15 is 8.78 Å². The van der Waals surface area contributed by atoms with Gasteiger partial charge in [0.05, 0.1) is 0 Å². The van der Waals surface area contributed by atoms with Gasteiger partial charge in [0.25, 0.3) is 11.8 Å². The number of carbonyl (C=O) groups excluding carboxylic acids is 4. The largest absolute Gasteiger partial charge is 0.393 e. The summed E-state index contributed by atoms with van der Waals surface area (Å²) >= 11 is 5.82. The lowest BCUT2D eigenvalue weighted by atomic mass is 9.26. The molecule has 0 aromatic heterocycles. The molecule has 1 saturated heterocycles. The Morgan fingerprint density at radius 2 is 1.55 bits per heavy atom. The van der Waals surface area contributed by atoms with Crippen molar-refractivity contribution in [2.45, 2.75) is 34.3 Å². The Hall–Kier alpha value is -2.81. The number of amides is 4. The number of benzene rings is 2. The molecule has 2 aliphatic rings. The van der Waals surface area contributed by atoms with Gasteiger partial charge in [0.2, 0.25) is 27.8 Å². The Morgan fingerprint density at radius 3 is 2.12 bits per heavy atom. The minimum absolute atomic E-state index is 0.106. The van der Waals surface area contributed by atoms with Crippen molar-refractivity contribution in [3.63, 3.8) is 0 Å². The topological polar surface area (TPSA) is 78.0 Å². The second-order valence-corrected chi connectivity index (χ2v) is 12.7. The van der Waals surface area contributed by atoms with Gasteiger partial charge in [-0.3, -0.25) is 19.2 Å². The number of alkyl halides is 2. The van der Waals surface area contributed by atoms with Crippen LogP contribution in [0.15, 0.2) is 42.5 Å². The molecule has 198 valence electrons. The van der Waals surface area contributed by atoms with E-state index in [0.717, 1.165) is 21.8 Å². The standard InChI is InChI=1S/C22H26B8ClF2N3O4/c23-20(24)14(16(38)35(29)18(40)21(20,25)26)34-8-9-7-11(3-6-13(9)15(34)37)22(27,28)36(30)17(39)19(32,33)10-1-4-12(31)5-2-10/h1-7,14H,8,23-30H2. The SMILES string of the molecule is BN1C(=O)C(N2Cc3cc(C(B)(B)N(B)C(=O)C(F)(F)c4ccc(Cl)cc4)ccc3C2=O)C(B)(B)C(B)(B)C1=O. The third kappa shape index (κ3) is 4.35. The number of imide groups is 1. The van der Waals surface area contributed by atoms with Crippen LogP contribution in [0.4, 0.5) is 8.78 Å². The van der Waals surface area contributed by atoms with Crippen molar-refractivity contribution in [1.82, 2.24) is 14.5 Å². The van der Waals surface area contributed by atoms with Gasteiger partial charge in [-0.05, 0) is 39.9 Å². The van der Waals surface area contributed by atoms with E-state index in [1.54, 1.807) is 49.6 Å². The number of piperidine rings is 1. The van der Waals surface area contributed by atoms with E-state index in [-0.39, 0.29) is 23.4 Å². The van der Waals surface area contributed by atoms with E-state index in [1.807, 2.05) is 15.7 Å². The summed E-state index contributed by atoms with van der Waals surface area (Å²) in [6.07, 6.45) is 0. The molecular formula is C22H26B8ClF2N3O4. The quantitative estimate of drug-likeness (QED) is 0.273. The van der Waals surface area contributed by atoms with Crippen molar-refractivity contribution in [3.8, 4) is 0 Å². The Balaban J connectivity index is 1.65. The van der Waals surface area contributed by atoms with E-state index in [4.69, 9.17) is 11.6 Å². The number of fused-ring (bicyclic) bond motifs is 1. The molecule has 4 rings (SSSR count).